The molecule has 4 heteroatoms. The van der Waals surface area contributed by atoms with Gasteiger partial charge < -0.3 is 10.2 Å². The number of fused-ring (bicyclic) bond motifs is 1. The third-order valence-electron chi connectivity index (χ3n) is 4.10. The van der Waals surface area contributed by atoms with Gasteiger partial charge in [0.2, 0.25) is 0 Å². The molecule has 0 bridgehead atoms. The highest BCUT2D eigenvalue weighted by Gasteiger charge is 2.38. The van der Waals surface area contributed by atoms with Gasteiger partial charge in [0.15, 0.2) is 0 Å². The highest BCUT2D eigenvalue weighted by Crippen LogP contribution is 2.27. The number of carbonyl (C=O) groups excluding carboxylic acids is 1. The average molecular weight is 248 g/mol. The van der Waals surface area contributed by atoms with Crippen LogP contribution in [-0.2, 0) is 0 Å². The van der Waals surface area contributed by atoms with Gasteiger partial charge in [-0.1, -0.05) is 0 Å². The molecular formula is C14H17FN2O. The Labute approximate surface area is 106 Å². The maximum Gasteiger partial charge on any atom is 0.254 e. The Balaban J connectivity index is 1.79. The molecule has 0 aromatic heterocycles. The van der Waals surface area contributed by atoms with Crippen molar-refractivity contribution in [2.45, 2.75) is 6.92 Å². The molecule has 0 aliphatic carbocycles. The van der Waals surface area contributed by atoms with Crippen molar-refractivity contribution < 1.29 is 9.18 Å². The highest BCUT2D eigenvalue weighted by atomic mass is 19.1. The van der Waals surface area contributed by atoms with E-state index in [1.54, 1.807) is 13.0 Å². The molecule has 96 valence electrons. The Morgan fingerprint density at radius 2 is 2.00 bits per heavy atom. The zero-order valence-corrected chi connectivity index (χ0v) is 10.4. The van der Waals surface area contributed by atoms with Gasteiger partial charge in [-0.3, -0.25) is 4.79 Å². The van der Waals surface area contributed by atoms with Crippen LogP contribution in [0.25, 0.3) is 0 Å². The lowest BCUT2D eigenvalue weighted by Crippen LogP contribution is -2.32. The monoisotopic (exact) mass is 248 g/mol. The van der Waals surface area contributed by atoms with E-state index in [1.165, 1.54) is 12.1 Å². The number of amides is 1. The first-order valence-corrected chi connectivity index (χ1v) is 6.41. The molecule has 0 unspecified atom stereocenters. The molecule has 2 aliphatic heterocycles. The van der Waals surface area contributed by atoms with E-state index in [0.29, 0.717) is 17.4 Å². The summed E-state index contributed by atoms with van der Waals surface area (Å²) in [4.78, 5) is 14.3. The lowest BCUT2D eigenvalue weighted by molar-refractivity contribution is 0.0781. The van der Waals surface area contributed by atoms with Crippen molar-refractivity contribution in [3.63, 3.8) is 0 Å². The first-order chi connectivity index (χ1) is 8.65. The highest BCUT2D eigenvalue weighted by molar-refractivity contribution is 5.95. The van der Waals surface area contributed by atoms with Crippen LogP contribution in [0.2, 0.25) is 0 Å². The Bertz CT molecular complexity index is 477. The number of hydrogen-bond donors (Lipinski definition) is 1. The first kappa shape index (κ1) is 11.7. The number of carbonyl (C=O) groups is 1. The molecule has 1 aromatic carbocycles. The zero-order chi connectivity index (χ0) is 12.7. The van der Waals surface area contributed by atoms with Gasteiger partial charge >= 0.3 is 0 Å². The molecule has 3 nitrogen and oxygen atoms in total. The second-order valence-corrected chi connectivity index (χ2v) is 5.35. The topological polar surface area (TPSA) is 32.3 Å². The molecule has 1 aromatic rings. The molecule has 2 fully saturated rings. The molecule has 18 heavy (non-hydrogen) atoms. The predicted octanol–water partition coefficient (Wildman–Crippen LogP) is 1.43. The summed E-state index contributed by atoms with van der Waals surface area (Å²) in [5, 5.41) is 3.35. The Kier molecular flexibility index (Phi) is 2.82. The van der Waals surface area contributed by atoms with Crippen molar-refractivity contribution in [1.82, 2.24) is 10.2 Å². The van der Waals surface area contributed by atoms with E-state index in [1.807, 2.05) is 4.90 Å². The third-order valence-corrected chi connectivity index (χ3v) is 4.10. The van der Waals surface area contributed by atoms with Gasteiger partial charge in [0.25, 0.3) is 5.91 Å². The number of hydrogen-bond acceptors (Lipinski definition) is 2. The summed E-state index contributed by atoms with van der Waals surface area (Å²) in [7, 11) is 0. The molecule has 2 aliphatic rings. The summed E-state index contributed by atoms with van der Waals surface area (Å²) in [6, 6.07) is 4.38. The van der Waals surface area contributed by atoms with Crippen LogP contribution in [0.4, 0.5) is 4.39 Å². The van der Waals surface area contributed by atoms with E-state index < -0.39 is 0 Å². The fourth-order valence-corrected chi connectivity index (χ4v) is 3.06. The maximum absolute atomic E-state index is 13.0. The van der Waals surface area contributed by atoms with E-state index in [2.05, 4.69) is 5.32 Å². The van der Waals surface area contributed by atoms with E-state index in [4.69, 9.17) is 0 Å². The van der Waals surface area contributed by atoms with Gasteiger partial charge in [-0.2, -0.15) is 0 Å². The molecule has 0 spiro atoms. The zero-order valence-electron chi connectivity index (χ0n) is 10.4. The molecule has 1 amide bonds. The van der Waals surface area contributed by atoms with E-state index >= 15 is 0 Å². The molecule has 1 N–H and O–H groups in total. The predicted molar refractivity (Wildman–Crippen MR) is 66.9 cm³/mol. The van der Waals surface area contributed by atoms with Gasteiger partial charge in [0.1, 0.15) is 5.82 Å². The number of benzene rings is 1. The summed E-state index contributed by atoms with van der Waals surface area (Å²) in [5.41, 5.74) is 1.35. The van der Waals surface area contributed by atoms with Crippen LogP contribution in [-0.4, -0.2) is 37.0 Å². The summed E-state index contributed by atoms with van der Waals surface area (Å²) in [6.45, 7) is 5.46. The second-order valence-electron chi connectivity index (χ2n) is 5.35. The van der Waals surface area contributed by atoms with Crippen molar-refractivity contribution in [3.05, 3.63) is 35.1 Å². The third kappa shape index (κ3) is 1.90. The Morgan fingerprint density at radius 3 is 2.61 bits per heavy atom. The Hall–Kier alpha value is -1.42. The number of likely N-dealkylation sites (tertiary alicyclic amines) is 1. The molecular weight excluding hydrogens is 231 g/mol. The molecule has 0 saturated carbocycles. The lowest BCUT2D eigenvalue weighted by Gasteiger charge is -2.18. The van der Waals surface area contributed by atoms with Crippen LogP contribution < -0.4 is 5.32 Å². The van der Waals surface area contributed by atoms with Gasteiger partial charge in [-0.15, -0.1) is 0 Å². The number of halogens is 1. The van der Waals surface area contributed by atoms with Crippen LogP contribution in [0.1, 0.15) is 15.9 Å². The van der Waals surface area contributed by atoms with Gasteiger partial charge in [-0.25, -0.2) is 4.39 Å². The van der Waals surface area contributed by atoms with Crippen molar-refractivity contribution in [2.24, 2.45) is 11.8 Å². The van der Waals surface area contributed by atoms with Gasteiger partial charge in [0, 0.05) is 31.7 Å². The minimum Gasteiger partial charge on any atom is -0.338 e. The van der Waals surface area contributed by atoms with Crippen molar-refractivity contribution in [1.29, 1.82) is 0 Å². The van der Waals surface area contributed by atoms with E-state index in [9.17, 15) is 9.18 Å². The normalized spacial score (nSPS) is 26.4. The summed E-state index contributed by atoms with van der Waals surface area (Å²) >= 11 is 0. The maximum atomic E-state index is 13.0. The fourth-order valence-electron chi connectivity index (χ4n) is 3.06. The molecule has 3 rings (SSSR count). The Morgan fingerprint density at radius 1 is 1.33 bits per heavy atom. The average Bonchev–Trinajstić information content (AvgIpc) is 2.87. The fraction of sp³-hybridized carbons (Fsp3) is 0.500. The van der Waals surface area contributed by atoms with Gasteiger partial charge in [-0.05, 0) is 42.5 Å². The van der Waals surface area contributed by atoms with Crippen LogP contribution in [0, 0.1) is 24.6 Å². The summed E-state index contributed by atoms with van der Waals surface area (Å²) in [5.74, 6) is 0.942. The SMILES string of the molecule is Cc1cc(F)ccc1C(=O)N1C[C@H]2CNC[C@H]2C1. The number of rotatable bonds is 1. The van der Waals surface area contributed by atoms with E-state index in [0.717, 1.165) is 31.7 Å². The summed E-state index contributed by atoms with van der Waals surface area (Å²) in [6.07, 6.45) is 0. The second kappa shape index (κ2) is 4.35. The van der Waals surface area contributed by atoms with Crippen molar-refractivity contribution in [2.75, 3.05) is 26.2 Å². The first-order valence-electron chi connectivity index (χ1n) is 6.41. The molecule has 2 heterocycles. The van der Waals surface area contributed by atoms with Gasteiger partial charge in [0.05, 0.1) is 0 Å². The number of nitrogens with zero attached hydrogens (tertiary/aromatic N) is 1. The van der Waals surface area contributed by atoms with Crippen molar-refractivity contribution >= 4 is 5.91 Å². The van der Waals surface area contributed by atoms with Crippen LogP contribution in [0.3, 0.4) is 0 Å². The van der Waals surface area contributed by atoms with Crippen LogP contribution in [0.15, 0.2) is 18.2 Å². The van der Waals surface area contributed by atoms with E-state index in [-0.39, 0.29) is 11.7 Å². The largest absolute Gasteiger partial charge is 0.338 e. The standard InChI is InChI=1S/C14H17FN2O/c1-9-4-12(15)2-3-13(9)14(18)17-7-10-5-16-6-11(10)8-17/h2-4,10-11,16H,5-8H2,1H3/t10-,11+. The summed E-state index contributed by atoms with van der Waals surface area (Å²) < 4.78 is 13.0. The molecule has 2 saturated heterocycles. The van der Waals surface area contributed by atoms with Crippen molar-refractivity contribution in [3.8, 4) is 0 Å². The number of aryl methyl sites for hydroxylation is 1. The number of nitrogens with one attached hydrogen (secondary N) is 1. The lowest BCUT2D eigenvalue weighted by atomic mass is 10.0. The smallest absolute Gasteiger partial charge is 0.254 e. The minimum absolute atomic E-state index is 0.0434. The molecule has 0 radical (unpaired) electrons. The van der Waals surface area contributed by atoms with Crippen LogP contribution >= 0.6 is 0 Å². The minimum atomic E-state index is -0.286. The quantitative estimate of drug-likeness (QED) is 0.815. The van der Waals surface area contributed by atoms with Crippen LogP contribution in [0.5, 0.6) is 0 Å². The molecule has 2 atom stereocenters.